The predicted octanol–water partition coefficient (Wildman–Crippen LogP) is 2.62. The van der Waals surface area contributed by atoms with Gasteiger partial charge in [0.2, 0.25) is 0 Å². The van der Waals surface area contributed by atoms with Crippen molar-refractivity contribution in [1.29, 1.82) is 5.26 Å². The first kappa shape index (κ1) is 16.1. The molecular weight excluding hydrogens is 362 g/mol. The Bertz CT molecular complexity index is 1240. The molecule has 4 aromatic heterocycles. The van der Waals surface area contributed by atoms with E-state index >= 15 is 0 Å². The number of rotatable bonds is 2. The monoisotopic (exact) mass is 379 g/mol. The summed E-state index contributed by atoms with van der Waals surface area (Å²) in [6.07, 6.45) is 4.50. The van der Waals surface area contributed by atoms with Crippen molar-refractivity contribution in [2.75, 3.05) is 18.0 Å². The van der Waals surface area contributed by atoms with Crippen molar-refractivity contribution in [1.82, 2.24) is 24.5 Å². The van der Waals surface area contributed by atoms with Gasteiger partial charge in [0.1, 0.15) is 11.7 Å². The summed E-state index contributed by atoms with van der Waals surface area (Å²) < 4.78 is 1.88. The molecule has 5 rings (SSSR count). The van der Waals surface area contributed by atoms with Crippen molar-refractivity contribution >= 4 is 38.5 Å². The summed E-state index contributed by atoms with van der Waals surface area (Å²) in [6.45, 7) is 3.74. The van der Waals surface area contributed by atoms with Crippen LogP contribution in [0.15, 0.2) is 28.6 Å². The molecule has 0 bridgehead atoms. The van der Waals surface area contributed by atoms with Crippen molar-refractivity contribution in [2.24, 2.45) is 5.92 Å². The molecule has 0 aliphatic carbocycles. The molecule has 1 aliphatic heterocycles. The van der Waals surface area contributed by atoms with Gasteiger partial charge in [0.25, 0.3) is 0 Å². The lowest BCUT2D eigenvalue weighted by molar-refractivity contribution is 0.300. The number of thiazole rings is 1. The molecule has 9 heteroatoms. The number of aromatic nitrogens is 5. The molecule has 0 spiro atoms. The summed E-state index contributed by atoms with van der Waals surface area (Å²) in [7, 11) is 0. The van der Waals surface area contributed by atoms with Crippen LogP contribution in [0.2, 0.25) is 0 Å². The lowest BCUT2D eigenvalue weighted by Gasteiger charge is -2.37. The van der Waals surface area contributed by atoms with E-state index in [4.69, 9.17) is 5.26 Å². The highest BCUT2D eigenvalue weighted by atomic mass is 32.1. The molecule has 2 N–H and O–H groups in total. The predicted molar refractivity (Wildman–Crippen MR) is 104 cm³/mol. The van der Waals surface area contributed by atoms with Gasteiger partial charge < -0.3 is 14.9 Å². The minimum atomic E-state index is -0.115. The first-order chi connectivity index (χ1) is 13.2. The molecule has 2 unspecified atom stereocenters. The maximum atomic E-state index is 12.8. The average Bonchev–Trinajstić information content (AvgIpc) is 3.39. The highest BCUT2D eigenvalue weighted by Crippen LogP contribution is 2.34. The van der Waals surface area contributed by atoms with Crippen LogP contribution < -0.4 is 10.6 Å². The number of hydrogen-bond donors (Lipinski definition) is 2. The normalized spacial score (nSPS) is 20.4. The molecule has 1 fully saturated rings. The van der Waals surface area contributed by atoms with Crippen molar-refractivity contribution in [3.63, 3.8) is 0 Å². The number of nitrogens with zero attached hydrogens (tertiary/aromatic N) is 5. The third-order valence-corrected chi connectivity index (χ3v) is 6.29. The quantitative estimate of drug-likeness (QED) is 0.557. The zero-order chi connectivity index (χ0) is 18.5. The molecule has 5 heterocycles. The largest absolute Gasteiger partial charge is 0.346 e. The van der Waals surface area contributed by atoms with Crippen LogP contribution in [0, 0.1) is 17.2 Å². The molecule has 1 aliphatic rings. The molecule has 8 nitrogen and oxygen atoms in total. The Balaban J connectivity index is 1.62. The maximum absolute atomic E-state index is 12.8. The number of pyridine rings is 1. The number of nitriles is 1. The van der Waals surface area contributed by atoms with E-state index in [-0.39, 0.29) is 11.7 Å². The number of aromatic amines is 2. The second kappa shape index (κ2) is 5.96. The van der Waals surface area contributed by atoms with Gasteiger partial charge in [-0.15, -0.1) is 11.3 Å². The first-order valence-electron chi connectivity index (χ1n) is 8.82. The highest BCUT2D eigenvalue weighted by Gasteiger charge is 2.31. The molecule has 4 aromatic rings. The van der Waals surface area contributed by atoms with Crippen molar-refractivity contribution in [3.8, 4) is 6.07 Å². The van der Waals surface area contributed by atoms with Crippen molar-refractivity contribution in [2.45, 2.75) is 19.4 Å². The van der Waals surface area contributed by atoms with Crippen LogP contribution in [0.5, 0.6) is 0 Å². The van der Waals surface area contributed by atoms with Gasteiger partial charge in [0.15, 0.2) is 10.8 Å². The van der Waals surface area contributed by atoms with Gasteiger partial charge in [-0.25, -0.2) is 14.8 Å². The zero-order valence-corrected chi connectivity index (χ0v) is 15.5. The van der Waals surface area contributed by atoms with Crippen LogP contribution in [0.25, 0.3) is 22.1 Å². The number of nitrogens with one attached hydrogen (secondary N) is 2. The lowest BCUT2D eigenvalue weighted by Crippen LogP contribution is -2.43. The van der Waals surface area contributed by atoms with Gasteiger partial charge in [-0.1, -0.05) is 6.92 Å². The molecule has 0 aromatic carbocycles. The molecule has 0 radical (unpaired) electrons. The molecule has 0 amide bonds. The van der Waals surface area contributed by atoms with E-state index in [1.165, 1.54) is 11.3 Å². The molecule has 27 heavy (non-hydrogen) atoms. The van der Waals surface area contributed by atoms with E-state index in [1.807, 2.05) is 16.8 Å². The second-order valence-corrected chi connectivity index (χ2v) is 7.80. The summed E-state index contributed by atoms with van der Waals surface area (Å²) in [5.41, 5.74) is 2.74. The Labute approximate surface area is 158 Å². The smallest absolute Gasteiger partial charge is 0.326 e. The van der Waals surface area contributed by atoms with Gasteiger partial charge >= 0.3 is 5.69 Å². The molecule has 2 atom stereocenters. The molecular formula is C18H17N7OS. The lowest BCUT2D eigenvalue weighted by atomic mass is 9.93. The molecule has 0 saturated carbocycles. The topological polar surface area (TPSA) is 106 Å². The van der Waals surface area contributed by atoms with E-state index in [0.717, 1.165) is 40.2 Å². The van der Waals surface area contributed by atoms with Crippen LogP contribution in [-0.2, 0) is 0 Å². The molecule has 1 saturated heterocycles. The Morgan fingerprint density at radius 3 is 3.15 bits per heavy atom. The average molecular weight is 379 g/mol. The highest BCUT2D eigenvalue weighted by molar-refractivity contribution is 7.13. The third kappa shape index (κ3) is 2.44. The number of piperidine rings is 1. The SMILES string of the molecule is CC1CCN(c2nc(C#N)cs2)CC1n1c(=O)[nH]c2cnc3[nH]ccc3c21. The standard InChI is InChI=1S/C18H17N7OS/c1-10-3-5-24(18-22-11(6-19)9-27-18)8-14(10)25-15-12-2-4-20-16(12)21-7-13(15)23-17(25)26/h2,4,7,9-10,14H,3,5,8H2,1H3,(H,20,21)(H,23,26). The van der Waals surface area contributed by atoms with Crippen LogP contribution in [0.1, 0.15) is 25.1 Å². The van der Waals surface area contributed by atoms with Crippen LogP contribution in [0.3, 0.4) is 0 Å². The Morgan fingerprint density at radius 2 is 2.33 bits per heavy atom. The fraction of sp³-hybridized carbons (Fsp3) is 0.333. The number of hydrogen-bond acceptors (Lipinski definition) is 6. The number of fused-ring (bicyclic) bond motifs is 3. The Hall–Kier alpha value is -3.12. The summed E-state index contributed by atoms with van der Waals surface area (Å²) in [5, 5.41) is 12.6. The van der Waals surface area contributed by atoms with E-state index in [1.54, 1.807) is 11.6 Å². The fourth-order valence-corrected chi connectivity index (χ4v) is 4.75. The van der Waals surface area contributed by atoms with Gasteiger partial charge in [-0.2, -0.15) is 5.26 Å². The molecule has 136 valence electrons. The third-order valence-electron chi connectivity index (χ3n) is 5.39. The maximum Gasteiger partial charge on any atom is 0.326 e. The van der Waals surface area contributed by atoms with E-state index in [9.17, 15) is 4.79 Å². The van der Waals surface area contributed by atoms with Crippen molar-refractivity contribution in [3.05, 3.63) is 40.0 Å². The van der Waals surface area contributed by atoms with E-state index in [0.29, 0.717) is 18.2 Å². The summed E-state index contributed by atoms with van der Waals surface area (Å²) in [6, 6.07) is 4.05. The van der Waals surface area contributed by atoms with Crippen molar-refractivity contribution < 1.29 is 0 Å². The van der Waals surface area contributed by atoms with Crippen LogP contribution in [-0.4, -0.2) is 37.6 Å². The van der Waals surface area contributed by atoms with Gasteiger partial charge in [-0.3, -0.25) is 4.57 Å². The van der Waals surface area contributed by atoms with Gasteiger partial charge in [0.05, 0.1) is 23.3 Å². The van der Waals surface area contributed by atoms with E-state index < -0.39 is 0 Å². The second-order valence-electron chi connectivity index (χ2n) is 6.97. The Kier molecular flexibility index (Phi) is 3.55. The zero-order valence-electron chi connectivity index (χ0n) is 14.6. The summed E-state index contributed by atoms with van der Waals surface area (Å²) >= 11 is 1.48. The minimum Gasteiger partial charge on any atom is -0.346 e. The van der Waals surface area contributed by atoms with Gasteiger partial charge in [0, 0.05) is 30.1 Å². The number of imidazole rings is 1. The number of H-pyrrole nitrogens is 2. The summed E-state index contributed by atoms with van der Waals surface area (Å²) in [4.78, 5) is 29.8. The van der Waals surface area contributed by atoms with E-state index in [2.05, 4.69) is 37.8 Å². The van der Waals surface area contributed by atoms with Crippen LogP contribution in [0.4, 0.5) is 5.13 Å². The summed E-state index contributed by atoms with van der Waals surface area (Å²) in [5.74, 6) is 0.343. The van der Waals surface area contributed by atoms with Gasteiger partial charge in [-0.05, 0) is 18.4 Å². The number of anilines is 1. The first-order valence-corrected chi connectivity index (χ1v) is 9.70. The van der Waals surface area contributed by atoms with Crippen LogP contribution >= 0.6 is 11.3 Å². The fourth-order valence-electron chi connectivity index (χ4n) is 3.96. The minimum absolute atomic E-state index is 0.00920. The Morgan fingerprint density at radius 1 is 1.44 bits per heavy atom.